The molecule has 2 N–H and O–H groups in total. The zero-order valence-electron chi connectivity index (χ0n) is 16.5. The lowest BCUT2D eigenvalue weighted by Gasteiger charge is -2.35. The van der Waals surface area contributed by atoms with Gasteiger partial charge in [0.2, 0.25) is 0 Å². The highest BCUT2D eigenvalue weighted by Gasteiger charge is 2.37. The molecule has 1 aromatic rings. The fourth-order valence-electron chi connectivity index (χ4n) is 3.11. The van der Waals surface area contributed by atoms with Gasteiger partial charge in [0.25, 0.3) is 0 Å². The second-order valence-corrected chi connectivity index (χ2v) is 8.73. The van der Waals surface area contributed by atoms with Gasteiger partial charge in [-0.25, -0.2) is 0 Å². The fourth-order valence-corrected chi connectivity index (χ4v) is 3.37. The van der Waals surface area contributed by atoms with Gasteiger partial charge in [-0.05, 0) is 61.8 Å². The van der Waals surface area contributed by atoms with E-state index in [-0.39, 0.29) is 28.3 Å². The predicted molar refractivity (Wildman–Crippen MR) is 105 cm³/mol. The van der Waals surface area contributed by atoms with Crippen molar-refractivity contribution < 1.29 is 26.3 Å². The van der Waals surface area contributed by atoms with Gasteiger partial charge in [-0.15, -0.1) is 0 Å². The van der Waals surface area contributed by atoms with Crippen LogP contribution in [0.5, 0.6) is 0 Å². The molecule has 0 unspecified atom stereocenters. The number of likely N-dealkylation sites (tertiary alicyclic amines) is 1. The molecule has 0 spiro atoms. The van der Waals surface area contributed by atoms with Crippen LogP contribution in [0.25, 0.3) is 0 Å². The van der Waals surface area contributed by atoms with Crippen molar-refractivity contribution in [2.75, 3.05) is 25.0 Å². The minimum atomic E-state index is -4.91. The van der Waals surface area contributed by atoms with Crippen LogP contribution in [0.1, 0.15) is 44.7 Å². The first-order valence-corrected chi connectivity index (χ1v) is 9.66. The summed E-state index contributed by atoms with van der Waals surface area (Å²) >= 11 is 5.19. The molecule has 10 heteroatoms. The Morgan fingerprint density at radius 1 is 0.966 bits per heavy atom. The number of anilines is 1. The number of alkyl halides is 6. The third kappa shape index (κ3) is 7.02. The number of thiocarbonyl (C=S) groups is 1. The van der Waals surface area contributed by atoms with Crippen molar-refractivity contribution in [2.45, 2.75) is 52.0 Å². The molecule has 1 heterocycles. The maximum absolute atomic E-state index is 13.0. The zero-order valence-corrected chi connectivity index (χ0v) is 17.3. The van der Waals surface area contributed by atoms with Gasteiger partial charge in [0.05, 0.1) is 11.1 Å². The molecule has 164 valence electrons. The molecule has 3 nitrogen and oxygen atoms in total. The Morgan fingerprint density at radius 3 is 1.86 bits per heavy atom. The van der Waals surface area contributed by atoms with E-state index in [0.29, 0.717) is 18.7 Å². The lowest BCUT2D eigenvalue weighted by atomic mass is 9.86. The Hall–Kier alpha value is -1.55. The monoisotopic (exact) mass is 441 g/mol. The zero-order chi connectivity index (χ0) is 22.0. The molecule has 1 aliphatic heterocycles. The minimum absolute atomic E-state index is 0.0171. The molecule has 1 atom stereocenters. The Morgan fingerprint density at radius 2 is 1.45 bits per heavy atom. The molecule has 29 heavy (non-hydrogen) atoms. The largest absolute Gasteiger partial charge is 0.416 e. The Labute approximate surface area is 171 Å². The molecule has 1 saturated heterocycles. The fraction of sp³-hybridized carbons (Fsp3) is 0.632. The van der Waals surface area contributed by atoms with Crippen LogP contribution in [0.2, 0.25) is 0 Å². The average molecular weight is 441 g/mol. The van der Waals surface area contributed by atoms with Gasteiger partial charge in [0.15, 0.2) is 5.11 Å². The normalized spacial score (nSPS) is 17.3. The Kier molecular flexibility index (Phi) is 7.09. The lowest BCUT2D eigenvalue weighted by molar-refractivity contribution is -0.143. The van der Waals surface area contributed by atoms with Crippen molar-refractivity contribution in [3.05, 3.63) is 29.3 Å². The van der Waals surface area contributed by atoms with E-state index in [4.69, 9.17) is 12.2 Å². The van der Waals surface area contributed by atoms with Crippen LogP contribution in [0, 0.1) is 5.41 Å². The molecule has 0 radical (unpaired) electrons. The number of nitrogens with one attached hydrogen (secondary N) is 2. The first-order valence-electron chi connectivity index (χ1n) is 9.25. The van der Waals surface area contributed by atoms with E-state index < -0.39 is 23.5 Å². The molecule has 0 amide bonds. The molecule has 0 bridgehead atoms. The number of benzene rings is 1. The minimum Gasteiger partial charge on any atom is -0.358 e. The van der Waals surface area contributed by atoms with Crippen molar-refractivity contribution in [2.24, 2.45) is 5.41 Å². The maximum Gasteiger partial charge on any atom is 0.416 e. The molecule has 1 aromatic carbocycles. The Bertz CT molecular complexity index is 686. The quantitative estimate of drug-likeness (QED) is 0.475. The van der Waals surface area contributed by atoms with E-state index in [9.17, 15) is 26.3 Å². The average Bonchev–Trinajstić information content (AvgIpc) is 3.04. The summed E-state index contributed by atoms with van der Waals surface area (Å²) in [7, 11) is 0. The second kappa shape index (κ2) is 8.67. The number of hydrogen-bond acceptors (Lipinski definition) is 2. The van der Waals surface area contributed by atoms with Gasteiger partial charge in [-0.3, -0.25) is 0 Å². The number of nitrogens with zero attached hydrogens (tertiary/aromatic N) is 1. The van der Waals surface area contributed by atoms with Crippen molar-refractivity contribution in [1.29, 1.82) is 0 Å². The SMILES string of the molecule is CC(C)(C)[C@@H](CN1CCCC1)NC(=S)Nc1cc(C(F)(F)F)cc(C(F)(F)F)c1. The Balaban J connectivity index is 2.19. The summed E-state index contributed by atoms with van der Waals surface area (Å²) in [5.41, 5.74) is -3.36. The van der Waals surface area contributed by atoms with Crippen molar-refractivity contribution in [3.8, 4) is 0 Å². The first-order chi connectivity index (χ1) is 13.2. The molecular weight excluding hydrogens is 416 g/mol. The van der Waals surface area contributed by atoms with Gasteiger partial charge in [-0.1, -0.05) is 20.8 Å². The van der Waals surface area contributed by atoms with Gasteiger partial charge in [0, 0.05) is 18.3 Å². The van der Waals surface area contributed by atoms with Crippen LogP contribution < -0.4 is 10.6 Å². The van der Waals surface area contributed by atoms with E-state index in [2.05, 4.69) is 15.5 Å². The van der Waals surface area contributed by atoms with E-state index >= 15 is 0 Å². The van der Waals surface area contributed by atoms with Crippen LogP contribution in [0.15, 0.2) is 18.2 Å². The lowest BCUT2D eigenvalue weighted by Crippen LogP contribution is -2.51. The van der Waals surface area contributed by atoms with E-state index in [0.717, 1.165) is 25.9 Å². The molecule has 2 rings (SSSR count). The third-order valence-corrected chi connectivity index (χ3v) is 5.06. The van der Waals surface area contributed by atoms with Crippen LogP contribution in [0.4, 0.5) is 32.0 Å². The molecule has 0 aliphatic carbocycles. The van der Waals surface area contributed by atoms with Gasteiger partial charge in [-0.2, -0.15) is 26.3 Å². The highest BCUT2D eigenvalue weighted by Crippen LogP contribution is 2.37. The summed E-state index contributed by atoms with van der Waals surface area (Å²) in [6.45, 7) is 8.58. The smallest absolute Gasteiger partial charge is 0.358 e. The molecule has 1 fully saturated rings. The van der Waals surface area contributed by atoms with Crippen LogP contribution in [0.3, 0.4) is 0 Å². The summed E-state index contributed by atoms with van der Waals surface area (Å²) in [5, 5.41) is 5.54. The number of hydrogen-bond donors (Lipinski definition) is 2. The summed E-state index contributed by atoms with van der Waals surface area (Å²) in [6.07, 6.45) is -7.61. The molecule has 1 aliphatic rings. The number of rotatable bonds is 4. The topological polar surface area (TPSA) is 27.3 Å². The predicted octanol–water partition coefficient (Wildman–Crippen LogP) is 5.52. The van der Waals surface area contributed by atoms with E-state index in [1.165, 1.54) is 0 Å². The van der Waals surface area contributed by atoms with Crippen LogP contribution in [-0.2, 0) is 12.4 Å². The summed E-state index contributed by atoms with van der Waals surface area (Å²) in [6, 6.07) is 1.20. The third-order valence-electron chi connectivity index (χ3n) is 4.84. The number of halogens is 6. The van der Waals surface area contributed by atoms with Crippen molar-refractivity contribution >= 4 is 23.0 Å². The van der Waals surface area contributed by atoms with Crippen LogP contribution in [-0.4, -0.2) is 35.7 Å². The summed E-state index contributed by atoms with van der Waals surface area (Å²) in [5.74, 6) is 0. The van der Waals surface area contributed by atoms with Gasteiger partial charge in [0.1, 0.15) is 0 Å². The highest BCUT2D eigenvalue weighted by atomic mass is 32.1. The van der Waals surface area contributed by atoms with Gasteiger partial charge >= 0.3 is 12.4 Å². The first kappa shape index (κ1) is 23.7. The maximum atomic E-state index is 13.0. The summed E-state index contributed by atoms with van der Waals surface area (Å²) < 4.78 is 78.1. The van der Waals surface area contributed by atoms with Gasteiger partial charge < -0.3 is 15.5 Å². The standard InChI is InChI=1S/C19H25F6N3S/c1-17(2,3)15(11-28-6-4-5-7-28)27-16(29)26-14-9-12(18(20,21)22)8-13(10-14)19(23,24)25/h8-10,15H,4-7,11H2,1-3H3,(H2,26,27,29)/t15-/m1/s1. The van der Waals surface area contributed by atoms with Crippen LogP contribution >= 0.6 is 12.2 Å². The summed E-state index contributed by atoms with van der Waals surface area (Å²) in [4.78, 5) is 2.26. The molecule has 0 saturated carbocycles. The molecular formula is C19H25F6N3S. The van der Waals surface area contributed by atoms with Crippen molar-refractivity contribution in [3.63, 3.8) is 0 Å². The molecule has 0 aromatic heterocycles. The van der Waals surface area contributed by atoms with Crippen molar-refractivity contribution in [1.82, 2.24) is 10.2 Å². The van der Waals surface area contributed by atoms with E-state index in [1.54, 1.807) is 0 Å². The second-order valence-electron chi connectivity index (χ2n) is 8.32. The van der Waals surface area contributed by atoms with E-state index in [1.807, 2.05) is 20.8 Å². The highest BCUT2D eigenvalue weighted by molar-refractivity contribution is 7.80.